The zero-order valence-corrected chi connectivity index (χ0v) is 21.4. The van der Waals surface area contributed by atoms with Crippen molar-refractivity contribution in [1.82, 2.24) is 4.90 Å². The molecule has 0 radical (unpaired) electrons. The molecule has 0 aromatic heterocycles. The number of nitrogens with zero attached hydrogens (tertiary/aromatic N) is 2. The van der Waals surface area contributed by atoms with Crippen molar-refractivity contribution < 1.29 is 18.8 Å². The fourth-order valence-corrected chi connectivity index (χ4v) is 5.46. The van der Waals surface area contributed by atoms with Crippen molar-refractivity contribution >= 4 is 11.9 Å². The molecule has 0 bridgehead atoms. The normalized spacial score (nSPS) is 22.0. The number of hydrogen-bond donors (Lipinski definition) is 0. The van der Waals surface area contributed by atoms with Crippen molar-refractivity contribution in [3.8, 4) is 0 Å². The maximum absolute atomic E-state index is 12.7. The molecule has 0 aromatic carbocycles. The highest BCUT2D eigenvalue weighted by Crippen LogP contribution is 2.22. The van der Waals surface area contributed by atoms with E-state index in [2.05, 4.69) is 20.9 Å². The van der Waals surface area contributed by atoms with E-state index in [0.717, 1.165) is 43.4 Å². The minimum absolute atomic E-state index is 0.0707. The number of carbonyl (C=O) groups is 2. The highest BCUT2D eigenvalue weighted by molar-refractivity contribution is 5.78. The van der Waals surface area contributed by atoms with Crippen LogP contribution < -0.4 is 0 Å². The second-order valence-electron chi connectivity index (χ2n) is 10.8. The summed E-state index contributed by atoms with van der Waals surface area (Å²) in [6.45, 7) is 8.07. The van der Waals surface area contributed by atoms with Crippen molar-refractivity contribution in [1.29, 1.82) is 0 Å². The third-order valence-corrected chi connectivity index (χ3v) is 7.60. The van der Waals surface area contributed by atoms with E-state index in [-0.39, 0.29) is 24.0 Å². The number of carbonyl (C=O) groups excluding carboxylic acids is 2. The van der Waals surface area contributed by atoms with Crippen LogP contribution in [0.15, 0.2) is 0 Å². The molecule has 32 heavy (non-hydrogen) atoms. The van der Waals surface area contributed by atoms with Gasteiger partial charge in [0.25, 0.3) is 0 Å². The summed E-state index contributed by atoms with van der Waals surface area (Å²) in [5.74, 6) is 0.148. The van der Waals surface area contributed by atoms with Gasteiger partial charge >= 0.3 is 5.97 Å². The van der Waals surface area contributed by atoms with E-state index in [1.165, 1.54) is 70.6 Å². The lowest BCUT2D eigenvalue weighted by atomic mass is 10.1. The molecule has 2 saturated heterocycles. The van der Waals surface area contributed by atoms with E-state index in [1.807, 2.05) is 4.90 Å². The number of unbranched alkanes of at least 4 members (excludes halogenated alkanes) is 8. The van der Waals surface area contributed by atoms with Gasteiger partial charge in [-0.25, -0.2) is 0 Å². The van der Waals surface area contributed by atoms with Crippen LogP contribution in [0, 0.1) is 0 Å². The molecule has 2 rings (SSSR count). The lowest BCUT2D eigenvalue weighted by Crippen LogP contribution is -2.53. The molecule has 1 amide bonds. The monoisotopic (exact) mass is 451 g/mol. The van der Waals surface area contributed by atoms with E-state index in [4.69, 9.17) is 4.74 Å². The molecule has 2 unspecified atom stereocenters. The topological polar surface area (TPSA) is 46.6 Å². The Kier molecular flexibility index (Phi) is 12.7. The van der Waals surface area contributed by atoms with Gasteiger partial charge in [-0.2, -0.15) is 0 Å². The third kappa shape index (κ3) is 10.2. The lowest BCUT2D eigenvalue weighted by molar-refractivity contribution is -0.911. The Hall–Kier alpha value is -1.10. The second-order valence-corrected chi connectivity index (χ2v) is 10.8. The average Bonchev–Trinajstić information content (AvgIpc) is 2.93. The van der Waals surface area contributed by atoms with Crippen LogP contribution in [0.25, 0.3) is 0 Å². The fourth-order valence-electron chi connectivity index (χ4n) is 5.46. The largest absolute Gasteiger partial charge is 0.454 e. The van der Waals surface area contributed by atoms with Crippen LogP contribution in [-0.2, 0) is 14.3 Å². The molecule has 2 atom stereocenters. The van der Waals surface area contributed by atoms with Gasteiger partial charge in [0.1, 0.15) is 6.54 Å². The first-order valence-electron chi connectivity index (χ1n) is 13.8. The standard InChI is InChI=1S/C27H51N2O3/c1-4-5-6-7-8-9-10-11-14-17-27(31)32-25(22-28-24(2)18-19-26(28)30)23-29(3)20-15-12-13-16-21-29/h24-25H,4-23H2,1-3H3/q+1. The van der Waals surface area contributed by atoms with Crippen LogP contribution >= 0.6 is 0 Å². The average molecular weight is 452 g/mol. The number of quaternary nitrogens is 1. The summed E-state index contributed by atoms with van der Waals surface area (Å²) in [4.78, 5) is 27.0. The van der Waals surface area contributed by atoms with Gasteiger partial charge in [0.05, 0.1) is 26.7 Å². The molecular formula is C27H51N2O3+. The summed E-state index contributed by atoms with van der Waals surface area (Å²) >= 11 is 0. The van der Waals surface area contributed by atoms with E-state index >= 15 is 0 Å². The lowest BCUT2D eigenvalue weighted by Gasteiger charge is -2.37. The highest BCUT2D eigenvalue weighted by atomic mass is 16.5. The highest BCUT2D eigenvalue weighted by Gasteiger charge is 2.35. The first kappa shape index (κ1) is 27.1. The second kappa shape index (κ2) is 14.9. The summed E-state index contributed by atoms with van der Waals surface area (Å²) in [6.07, 6.45) is 18.2. The predicted molar refractivity (Wildman–Crippen MR) is 131 cm³/mol. The SMILES string of the molecule is CCCCCCCCCCCC(=O)OC(CN1C(=O)CCC1C)C[N+]1(C)CCCCCC1. The van der Waals surface area contributed by atoms with E-state index in [1.54, 1.807) is 0 Å². The maximum atomic E-state index is 12.7. The van der Waals surface area contributed by atoms with Crippen LogP contribution in [0.3, 0.4) is 0 Å². The van der Waals surface area contributed by atoms with Crippen molar-refractivity contribution in [2.75, 3.05) is 33.2 Å². The van der Waals surface area contributed by atoms with E-state index < -0.39 is 0 Å². The summed E-state index contributed by atoms with van der Waals surface area (Å²) in [5, 5.41) is 0. The van der Waals surface area contributed by atoms with Gasteiger partial charge in [-0.15, -0.1) is 0 Å². The molecule has 186 valence electrons. The van der Waals surface area contributed by atoms with Crippen LogP contribution in [0.2, 0.25) is 0 Å². The Balaban J connectivity index is 1.77. The van der Waals surface area contributed by atoms with Gasteiger partial charge in [0.15, 0.2) is 6.10 Å². The Bertz CT molecular complexity index is 543. The number of hydrogen-bond acceptors (Lipinski definition) is 3. The van der Waals surface area contributed by atoms with Gasteiger partial charge in [-0.05, 0) is 45.4 Å². The molecule has 0 N–H and O–H groups in total. The fraction of sp³-hybridized carbons (Fsp3) is 0.926. The number of ether oxygens (including phenoxy) is 1. The summed E-state index contributed by atoms with van der Waals surface area (Å²) < 4.78 is 7.01. The maximum Gasteiger partial charge on any atom is 0.306 e. The smallest absolute Gasteiger partial charge is 0.306 e. The van der Waals surface area contributed by atoms with Crippen molar-refractivity contribution in [3.05, 3.63) is 0 Å². The summed E-state index contributed by atoms with van der Waals surface area (Å²) in [7, 11) is 2.31. The first-order chi connectivity index (χ1) is 15.4. The van der Waals surface area contributed by atoms with Crippen LogP contribution in [0.4, 0.5) is 0 Å². The summed E-state index contributed by atoms with van der Waals surface area (Å²) in [5.41, 5.74) is 0. The van der Waals surface area contributed by atoms with Crippen LogP contribution in [0.5, 0.6) is 0 Å². The minimum atomic E-state index is -0.186. The van der Waals surface area contributed by atoms with Crippen molar-refractivity contribution in [3.63, 3.8) is 0 Å². The van der Waals surface area contributed by atoms with E-state index in [0.29, 0.717) is 19.4 Å². The Labute approximate surface area is 197 Å². The van der Waals surface area contributed by atoms with Crippen LogP contribution in [0.1, 0.15) is 117 Å². The molecule has 0 aromatic rings. The predicted octanol–water partition coefficient (Wildman–Crippen LogP) is 5.85. The molecule has 0 saturated carbocycles. The zero-order chi connectivity index (χ0) is 23.2. The zero-order valence-electron chi connectivity index (χ0n) is 21.4. The van der Waals surface area contributed by atoms with Gasteiger partial charge in [-0.1, -0.05) is 58.3 Å². The summed E-state index contributed by atoms with van der Waals surface area (Å²) in [6, 6.07) is 0.260. The van der Waals surface area contributed by atoms with Gasteiger partial charge in [0, 0.05) is 18.9 Å². The van der Waals surface area contributed by atoms with Gasteiger partial charge < -0.3 is 14.1 Å². The van der Waals surface area contributed by atoms with Gasteiger partial charge in [-0.3, -0.25) is 9.59 Å². The molecule has 2 aliphatic heterocycles. The molecule has 0 spiro atoms. The van der Waals surface area contributed by atoms with Crippen molar-refractivity contribution in [2.24, 2.45) is 0 Å². The molecule has 2 fully saturated rings. The molecule has 0 aliphatic carbocycles. The quantitative estimate of drug-likeness (QED) is 0.178. The molecule has 2 aliphatic rings. The number of amides is 1. The minimum Gasteiger partial charge on any atom is -0.454 e. The number of likely N-dealkylation sites (N-methyl/N-ethyl adjacent to an activating group) is 1. The molecule has 2 heterocycles. The number of rotatable bonds is 15. The van der Waals surface area contributed by atoms with Crippen LogP contribution in [-0.4, -0.2) is 66.6 Å². The van der Waals surface area contributed by atoms with E-state index in [9.17, 15) is 9.59 Å². The molecule has 5 heteroatoms. The van der Waals surface area contributed by atoms with Gasteiger partial charge in [0.2, 0.25) is 5.91 Å². The number of esters is 1. The first-order valence-corrected chi connectivity index (χ1v) is 13.8. The van der Waals surface area contributed by atoms with Crippen molar-refractivity contribution in [2.45, 2.75) is 129 Å². The third-order valence-electron chi connectivity index (χ3n) is 7.60. The Morgan fingerprint density at radius 2 is 1.59 bits per heavy atom. The molecule has 5 nitrogen and oxygen atoms in total. The Morgan fingerprint density at radius 1 is 1.00 bits per heavy atom. The Morgan fingerprint density at radius 3 is 2.16 bits per heavy atom. The number of likely N-dealkylation sites (tertiary alicyclic amines) is 2. The molecular weight excluding hydrogens is 400 g/mol.